The number of benzene rings is 2. The molecule has 2 rings (SSSR count). The van der Waals surface area contributed by atoms with Crippen LogP contribution in [0.2, 0.25) is 0 Å². The van der Waals surface area contributed by atoms with Gasteiger partial charge in [-0.15, -0.1) is 0 Å². The van der Waals surface area contributed by atoms with Gasteiger partial charge in [-0.2, -0.15) is 0 Å². The summed E-state index contributed by atoms with van der Waals surface area (Å²) in [5.41, 5.74) is 0.230. The molecule has 0 saturated heterocycles. The van der Waals surface area contributed by atoms with Gasteiger partial charge in [-0.25, -0.2) is 21.6 Å². The van der Waals surface area contributed by atoms with Gasteiger partial charge in [0.15, 0.2) is 11.5 Å². The van der Waals surface area contributed by atoms with Crippen molar-refractivity contribution in [3.63, 3.8) is 0 Å². The van der Waals surface area contributed by atoms with Crippen LogP contribution in [0.15, 0.2) is 52.3 Å². The first-order valence-electron chi connectivity index (χ1n) is 7.96. The molecule has 0 aliphatic carbocycles. The smallest absolute Gasteiger partial charge is 0.262 e. The Morgan fingerprint density at radius 3 is 1.85 bits per heavy atom. The van der Waals surface area contributed by atoms with Crippen LogP contribution >= 0.6 is 0 Å². The zero-order chi connectivity index (χ0) is 20.2. The first-order valence-corrected chi connectivity index (χ1v) is 10.9. The number of ether oxygens (including phenoxy) is 2. The maximum absolute atomic E-state index is 12.6. The van der Waals surface area contributed by atoms with Gasteiger partial charge in [0.05, 0.1) is 24.0 Å². The van der Waals surface area contributed by atoms with E-state index in [9.17, 15) is 16.8 Å². The van der Waals surface area contributed by atoms with E-state index >= 15 is 0 Å². The van der Waals surface area contributed by atoms with Crippen LogP contribution in [0, 0.1) is 0 Å². The second-order valence-corrected chi connectivity index (χ2v) is 9.32. The molecule has 0 aromatic heterocycles. The Hall–Kier alpha value is -2.30. The van der Waals surface area contributed by atoms with Crippen molar-refractivity contribution in [2.45, 2.75) is 29.7 Å². The van der Waals surface area contributed by atoms with Gasteiger partial charge in [0.1, 0.15) is 0 Å². The van der Waals surface area contributed by atoms with Crippen molar-refractivity contribution in [2.24, 2.45) is 0 Å². The standard InChI is InChI=1S/C17H22N2O6S2/c1-12(2)18-26(20,21)14-7-5-13(6-8-14)19-27(22,23)15-9-10-16(24-3)17(11-15)25-4/h5-12,18-19H,1-4H3. The molecule has 0 fully saturated rings. The van der Waals surface area contributed by atoms with Crippen LogP contribution in [-0.4, -0.2) is 37.1 Å². The first kappa shape index (κ1) is 21.0. The van der Waals surface area contributed by atoms with E-state index < -0.39 is 20.0 Å². The third-order valence-corrected chi connectivity index (χ3v) is 6.53. The summed E-state index contributed by atoms with van der Waals surface area (Å²) < 4.78 is 64.4. The van der Waals surface area contributed by atoms with Gasteiger partial charge >= 0.3 is 0 Å². The van der Waals surface area contributed by atoms with Crippen molar-refractivity contribution >= 4 is 25.7 Å². The molecule has 0 radical (unpaired) electrons. The van der Waals surface area contributed by atoms with E-state index in [2.05, 4.69) is 9.44 Å². The lowest BCUT2D eigenvalue weighted by molar-refractivity contribution is 0.354. The monoisotopic (exact) mass is 414 g/mol. The molecule has 8 nitrogen and oxygen atoms in total. The second-order valence-electron chi connectivity index (χ2n) is 5.92. The SMILES string of the molecule is COc1ccc(S(=O)(=O)Nc2ccc(S(=O)(=O)NC(C)C)cc2)cc1OC. The fraction of sp³-hybridized carbons (Fsp3) is 0.294. The molecule has 0 heterocycles. The molecule has 0 aliphatic rings. The van der Waals surface area contributed by atoms with Crippen LogP contribution in [0.4, 0.5) is 5.69 Å². The van der Waals surface area contributed by atoms with Crippen molar-refractivity contribution in [3.8, 4) is 11.5 Å². The van der Waals surface area contributed by atoms with E-state index in [0.29, 0.717) is 5.75 Å². The van der Waals surface area contributed by atoms with E-state index in [4.69, 9.17) is 9.47 Å². The van der Waals surface area contributed by atoms with Crippen molar-refractivity contribution < 1.29 is 26.3 Å². The summed E-state index contributed by atoms with van der Waals surface area (Å²) in [7, 11) is -4.67. The van der Waals surface area contributed by atoms with E-state index in [1.807, 2.05) is 0 Å². The minimum absolute atomic E-state index is 0.0154. The minimum atomic E-state index is -3.89. The molecular weight excluding hydrogens is 392 g/mol. The predicted octanol–water partition coefficient (Wildman–Crippen LogP) is 2.19. The summed E-state index contributed by atoms with van der Waals surface area (Å²) in [4.78, 5) is 0.0311. The average Bonchev–Trinajstić information content (AvgIpc) is 2.60. The van der Waals surface area contributed by atoms with Gasteiger partial charge in [-0.1, -0.05) is 0 Å². The van der Waals surface area contributed by atoms with Crippen molar-refractivity contribution in [1.29, 1.82) is 0 Å². The number of hydrogen-bond acceptors (Lipinski definition) is 6. The van der Waals surface area contributed by atoms with Gasteiger partial charge < -0.3 is 9.47 Å². The topological polar surface area (TPSA) is 111 Å². The molecule has 0 bridgehead atoms. The fourth-order valence-electron chi connectivity index (χ4n) is 2.28. The lowest BCUT2D eigenvalue weighted by Gasteiger charge is -2.13. The zero-order valence-electron chi connectivity index (χ0n) is 15.4. The summed E-state index contributed by atoms with van der Waals surface area (Å²) in [6.45, 7) is 3.42. The van der Waals surface area contributed by atoms with E-state index in [1.165, 1.54) is 56.7 Å². The zero-order valence-corrected chi connectivity index (χ0v) is 17.0. The quantitative estimate of drug-likeness (QED) is 0.685. The van der Waals surface area contributed by atoms with E-state index in [-0.39, 0.29) is 27.3 Å². The molecule has 0 amide bonds. The lowest BCUT2D eigenvalue weighted by Crippen LogP contribution is -2.30. The highest BCUT2D eigenvalue weighted by molar-refractivity contribution is 7.92. The highest BCUT2D eigenvalue weighted by atomic mass is 32.2. The largest absolute Gasteiger partial charge is 0.493 e. The molecule has 0 aliphatic heterocycles. The molecular formula is C17H22N2O6S2. The number of rotatable bonds is 8. The molecule has 27 heavy (non-hydrogen) atoms. The van der Waals surface area contributed by atoms with Crippen LogP contribution in [0.1, 0.15) is 13.8 Å². The Morgan fingerprint density at radius 2 is 1.33 bits per heavy atom. The van der Waals surface area contributed by atoms with Gasteiger partial charge in [-0.3, -0.25) is 4.72 Å². The number of anilines is 1. The van der Waals surface area contributed by atoms with Gasteiger partial charge in [0, 0.05) is 17.8 Å². The van der Waals surface area contributed by atoms with Gasteiger partial charge in [0.2, 0.25) is 10.0 Å². The molecule has 2 N–H and O–H groups in total. The Bertz CT molecular complexity index is 1000. The number of methoxy groups -OCH3 is 2. The van der Waals surface area contributed by atoms with E-state index in [1.54, 1.807) is 13.8 Å². The molecule has 0 atom stereocenters. The van der Waals surface area contributed by atoms with Crippen molar-refractivity contribution in [2.75, 3.05) is 18.9 Å². The summed E-state index contributed by atoms with van der Waals surface area (Å²) >= 11 is 0. The summed E-state index contributed by atoms with van der Waals surface area (Å²) in [5.74, 6) is 0.685. The van der Waals surface area contributed by atoms with Gasteiger partial charge in [-0.05, 0) is 50.2 Å². The van der Waals surface area contributed by atoms with Crippen LogP contribution in [0.25, 0.3) is 0 Å². The van der Waals surface area contributed by atoms with Crippen LogP contribution < -0.4 is 18.9 Å². The van der Waals surface area contributed by atoms with E-state index in [0.717, 1.165) is 0 Å². The minimum Gasteiger partial charge on any atom is -0.493 e. The third kappa shape index (κ3) is 5.12. The molecule has 0 unspecified atom stereocenters. The maximum atomic E-state index is 12.6. The second kappa shape index (κ2) is 8.15. The molecule has 2 aromatic rings. The van der Waals surface area contributed by atoms with Crippen LogP contribution in [0.3, 0.4) is 0 Å². The van der Waals surface area contributed by atoms with Crippen molar-refractivity contribution in [3.05, 3.63) is 42.5 Å². The van der Waals surface area contributed by atoms with Crippen molar-refractivity contribution in [1.82, 2.24) is 4.72 Å². The Labute approximate surface area is 159 Å². The molecule has 2 aromatic carbocycles. The number of hydrogen-bond donors (Lipinski definition) is 2. The Morgan fingerprint density at radius 1 is 0.778 bits per heavy atom. The predicted molar refractivity (Wildman–Crippen MR) is 102 cm³/mol. The lowest BCUT2D eigenvalue weighted by atomic mass is 10.3. The summed E-state index contributed by atoms with van der Waals surface area (Å²) in [6.07, 6.45) is 0. The molecule has 148 valence electrons. The summed E-state index contributed by atoms with van der Waals surface area (Å²) in [5, 5.41) is 0. The first-order chi connectivity index (χ1) is 12.6. The molecule has 10 heteroatoms. The highest BCUT2D eigenvalue weighted by Crippen LogP contribution is 2.30. The third-order valence-electron chi connectivity index (χ3n) is 3.47. The number of nitrogens with one attached hydrogen (secondary N) is 2. The normalized spacial score (nSPS) is 12.0. The molecule has 0 saturated carbocycles. The van der Waals surface area contributed by atoms with Gasteiger partial charge in [0.25, 0.3) is 10.0 Å². The summed E-state index contributed by atoms with van der Waals surface area (Å²) in [6, 6.07) is 9.38. The highest BCUT2D eigenvalue weighted by Gasteiger charge is 2.19. The average molecular weight is 415 g/mol. The van der Waals surface area contributed by atoms with Crippen LogP contribution in [0.5, 0.6) is 11.5 Å². The Kier molecular flexibility index (Phi) is 6.34. The number of sulfonamides is 2. The Balaban J connectivity index is 2.26. The molecule has 0 spiro atoms. The maximum Gasteiger partial charge on any atom is 0.262 e. The fourth-order valence-corrected chi connectivity index (χ4v) is 4.60. The van der Waals surface area contributed by atoms with Crippen LogP contribution in [-0.2, 0) is 20.0 Å².